The first kappa shape index (κ1) is 14.0. The van der Waals surface area contributed by atoms with Gasteiger partial charge in [-0.2, -0.15) is 0 Å². The van der Waals surface area contributed by atoms with Crippen molar-refractivity contribution in [1.82, 2.24) is 10.3 Å². The first-order valence-electron chi connectivity index (χ1n) is 5.85. The summed E-state index contributed by atoms with van der Waals surface area (Å²) < 4.78 is 0. The fraction of sp³-hybridized carbons (Fsp3) is 0.417. The summed E-state index contributed by atoms with van der Waals surface area (Å²) >= 11 is 0. The van der Waals surface area contributed by atoms with Gasteiger partial charge in [-0.15, -0.1) is 0 Å². The lowest BCUT2D eigenvalue weighted by atomic mass is 10.2. The van der Waals surface area contributed by atoms with Crippen LogP contribution in [0.2, 0.25) is 0 Å². The molecule has 0 bridgehead atoms. The van der Waals surface area contributed by atoms with Crippen LogP contribution in [0.3, 0.4) is 0 Å². The molecule has 0 aliphatic rings. The third kappa shape index (κ3) is 6.47. The van der Waals surface area contributed by atoms with Gasteiger partial charge in [0.05, 0.1) is 0 Å². The predicted molar refractivity (Wildman–Crippen MR) is 67.4 cm³/mol. The summed E-state index contributed by atoms with van der Waals surface area (Å²) in [6.45, 7) is 0.538. The van der Waals surface area contributed by atoms with Gasteiger partial charge in [0.25, 0.3) is 0 Å². The molecule has 0 aliphatic carbocycles. The highest BCUT2D eigenvalue weighted by molar-refractivity contribution is 5.88. The Labute approximate surface area is 105 Å². The molecule has 1 rings (SSSR count). The van der Waals surface area contributed by atoms with E-state index in [1.165, 1.54) is 0 Å². The van der Waals surface area contributed by atoms with E-state index in [0.717, 1.165) is 12.8 Å². The zero-order valence-corrected chi connectivity index (χ0v) is 10.1. The molecule has 1 aromatic heterocycles. The Bertz CT molecular complexity index is 381. The van der Waals surface area contributed by atoms with Crippen LogP contribution < -0.4 is 10.6 Å². The number of urea groups is 1. The van der Waals surface area contributed by atoms with Crippen molar-refractivity contribution < 1.29 is 14.7 Å². The largest absolute Gasteiger partial charge is 0.481 e. The van der Waals surface area contributed by atoms with E-state index >= 15 is 0 Å². The van der Waals surface area contributed by atoms with Gasteiger partial charge in [-0.25, -0.2) is 4.79 Å². The van der Waals surface area contributed by atoms with Crippen molar-refractivity contribution in [3.63, 3.8) is 0 Å². The average molecular weight is 251 g/mol. The molecule has 0 fully saturated rings. The zero-order chi connectivity index (χ0) is 13.2. The SMILES string of the molecule is O=C(O)CCCCCNC(=O)Nc1ccncc1. The van der Waals surface area contributed by atoms with Gasteiger partial charge < -0.3 is 15.7 Å². The van der Waals surface area contributed by atoms with Crippen molar-refractivity contribution in [2.24, 2.45) is 0 Å². The summed E-state index contributed by atoms with van der Waals surface area (Å²) in [5.41, 5.74) is 0.688. The van der Waals surface area contributed by atoms with Crippen molar-refractivity contribution in [3.05, 3.63) is 24.5 Å². The van der Waals surface area contributed by atoms with Gasteiger partial charge in [0, 0.05) is 31.0 Å². The lowest BCUT2D eigenvalue weighted by Gasteiger charge is -2.06. The van der Waals surface area contributed by atoms with Gasteiger partial charge in [-0.3, -0.25) is 9.78 Å². The summed E-state index contributed by atoms with van der Waals surface area (Å²) in [4.78, 5) is 25.5. The number of aromatic nitrogens is 1. The van der Waals surface area contributed by atoms with E-state index in [1.807, 2.05) is 0 Å². The highest BCUT2D eigenvalue weighted by Gasteiger charge is 2.00. The fourth-order valence-electron chi connectivity index (χ4n) is 1.39. The number of pyridine rings is 1. The number of nitrogens with zero attached hydrogens (tertiary/aromatic N) is 1. The zero-order valence-electron chi connectivity index (χ0n) is 10.1. The summed E-state index contributed by atoms with van der Waals surface area (Å²) in [5.74, 6) is -0.779. The molecule has 0 aliphatic heterocycles. The first-order valence-corrected chi connectivity index (χ1v) is 5.85. The fourth-order valence-corrected chi connectivity index (χ4v) is 1.39. The molecule has 0 saturated heterocycles. The molecule has 0 saturated carbocycles. The van der Waals surface area contributed by atoms with Gasteiger partial charge in [0.15, 0.2) is 0 Å². The van der Waals surface area contributed by atoms with E-state index in [2.05, 4.69) is 15.6 Å². The number of carboxylic acid groups (broad SMARTS) is 1. The Balaban J connectivity index is 2.05. The quantitative estimate of drug-likeness (QED) is 0.645. The number of hydrogen-bond donors (Lipinski definition) is 3. The first-order chi connectivity index (χ1) is 8.68. The van der Waals surface area contributed by atoms with Crippen LogP contribution in [0.1, 0.15) is 25.7 Å². The second kappa shape index (κ2) is 8.05. The molecule has 1 aromatic rings. The minimum Gasteiger partial charge on any atom is -0.481 e. The van der Waals surface area contributed by atoms with Crippen molar-refractivity contribution in [1.29, 1.82) is 0 Å². The Hall–Kier alpha value is -2.11. The molecule has 3 N–H and O–H groups in total. The van der Waals surface area contributed by atoms with E-state index in [9.17, 15) is 9.59 Å². The molecule has 1 heterocycles. The van der Waals surface area contributed by atoms with E-state index in [4.69, 9.17) is 5.11 Å². The van der Waals surface area contributed by atoms with Crippen LogP contribution in [-0.2, 0) is 4.79 Å². The Kier molecular flexibility index (Phi) is 6.24. The summed E-state index contributed by atoms with van der Waals surface area (Å²) in [5, 5.41) is 13.8. The van der Waals surface area contributed by atoms with Crippen molar-refractivity contribution in [3.8, 4) is 0 Å². The maximum absolute atomic E-state index is 11.4. The van der Waals surface area contributed by atoms with Crippen LogP contribution in [0.4, 0.5) is 10.5 Å². The van der Waals surface area contributed by atoms with Gasteiger partial charge in [0.1, 0.15) is 0 Å². The average Bonchev–Trinajstić information content (AvgIpc) is 2.34. The van der Waals surface area contributed by atoms with Crippen LogP contribution in [0, 0.1) is 0 Å². The van der Waals surface area contributed by atoms with Gasteiger partial charge >= 0.3 is 12.0 Å². The third-order valence-electron chi connectivity index (χ3n) is 2.29. The Morgan fingerprint density at radius 3 is 2.56 bits per heavy atom. The predicted octanol–water partition coefficient (Wildman–Crippen LogP) is 1.85. The summed E-state index contributed by atoms with van der Waals surface area (Å²) in [6.07, 6.45) is 5.59. The molecule has 2 amide bonds. The second-order valence-electron chi connectivity index (χ2n) is 3.82. The van der Waals surface area contributed by atoms with E-state index in [1.54, 1.807) is 24.5 Å². The molecule has 6 heteroatoms. The normalized spacial score (nSPS) is 9.78. The molecule has 0 spiro atoms. The molecule has 98 valence electrons. The van der Waals surface area contributed by atoms with Gasteiger partial charge in [-0.1, -0.05) is 6.42 Å². The van der Waals surface area contributed by atoms with Gasteiger partial charge in [-0.05, 0) is 25.0 Å². The summed E-state index contributed by atoms with van der Waals surface area (Å²) in [7, 11) is 0. The Morgan fingerprint density at radius 1 is 1.17 bits per heavy atom. The standard InChI is InChI=1S/C12H17N3O3/c16-11(17)4-2-1-3-7-14-12(18)15-10-5-8-13-9-6-10/h5-6,8-9H,1-4,7H2,(H,16,17)(H2,13,14,15,18). The monoisotopic (exact) mass is 251 g/mol. The minimum atomic E-state index is -0.779. The second-order valence-corrected chi connectivity index (χ2v) is 3.82. The number of carboxylic acids is 1. The molecular weight excluding hydrogens is 234 g/mol. The highest BCUT2D eigenvalue weighted by Crippen LogP contribution is 2.02. The van der Waals surface area contributed by atoms with Crippen molar-refractivity contribution >= 4 is 17.7 Å². The molecule has 18 heavy (non-hydrogen) atoms. The van der Waals surface area contributed by atoms with E-state index in [-0.39, 0.29) is 12.5 Å². The molecular formula is C12H17N3O3. The number of aliphatic carboxylic acids is 1. The van der Waals surface area contributed by atoms with Crippen LogP contribution in [0.25, 0.3) is 0 Å². The molecule has 0 aromatic carbocycles. The van der Waals surface area contributed by atoms with Crippen LogP contribution in [0.5, 0.6) is 0 Å². The summed E-state index contributed by atoms with van der Waals surface area (Å²) in [6, 6.07) is 3.14. The number of hydrogen-bond acceptors (Lipinski definition) is 3. The molecule has 6 nitrogen and oxygen atoms in total. The highest BCUT2D eigenvalue weighted by atomic mass is 16.4. The number of amides is 2. The van der Waals surface area contributed by atoms with Crippen LogP contribution in [0.15, 0.2) is 24.5 Å². The third-order valence-corrected chi connectivity index (χ3v) is 2.29. The topological polar surface area (TPSA) is 91.3 Å². The number of carbonyl (C=O) groups is 2. The number of anilines is 1. The smallest absolute Gasteiger partial charge is 0.319 e. The lowest BCUT2D eigenvalue weighted by molar-refractivity contribution is -0.137. The number of rotatable bonds is 7. The van der Waals surface area contributed by atoms with E-state index in [0.29, 0.717) is 18.7 Å². The maximum atomic E-state index is 11.4. The van der Waals surface area contributed by atoms with Crippen LogP contribution in [-0.4, -0.2) is 28.6 Å². The van der Waals surface area contributed by atoms with Crippen LogP contribution >= 0.6 is 0 Å². The lowest BCUT2D eigenvalue weighted by Crippen LogP contribution is -2.29. The maximum Gasteiger partial charge on any atom is 0.319 e. The molecule has 0 radical (unpaired) electrons. The Morgan fingerprint density at radius 2 is 1.89 bits per heavy atom. The van der Waals surface area contributed by atoms with Crippen molar-refractivity contribution in [2.75, 3.05) is 11.9 Å². The molecule has 0 atom stereocenters. The number of unbranched alkanes of at least 4 members (excludes halogenated alkanes) is 2. The number of carbonyl (C=O) groups excluding carboxylic acids is 1. The minimum absolute atomic E-state index is 0.184. The van der Waals surface area contributed by atoms with Gasteiger partial charge in [0.2, 0.25) is 0 Å². The number of nitrogens with one attached hydrogen (secondary N) is 2. The van der Waals surface area contributed by atoms with Crippen molar-refractivity contribution in [2.45, 2.75) is 25.7 Å². The molecule has 0 unspecified atom stereocenters. The van der Waals surface area contributed by atoms with E-state index < -0.39 is 5.97 Å².